The minimum Gasteiger partial charge on any atom is -0.462 e. The van der Waals surface area contributed by atoms with Crippen molar-refractivity contribution in [3.63, 3.8) is 0 Å². The lowest BCUT2D eigenvalue weighted by Gasteiger charge is -2.61. The topological polar surface area (TPSA) is 52.6 Å². The van der Waals surface area contributed by atoms with E-state index in [1.165, 1.54) is 18.6 Å². The van der Waals surface area contributed by atoms with Crippen LogP contribution in [0.2, 0.25) is 0 Å². The molecule has 0 saturated heterocycles. The average Bonchev–Trinajstić information content (AvgIpc) is 2.84. The number of benzene rings is 2. The van der Waals surface area contributed by atoms with Gasteiger partial charge in [-0.3, -0.25) is 0 Å². The van der Waals surface area contributed by atoms with Crippen molar-refractivity contribution < 1.29 is 19.1 Å². The first-order valence-electron chi connectivity index (χ1n) is 12.3. The summed E-state index contributed by atoms with van der Waals surface area (Å²) < 4.78 is 11.5. The fourth-order valence-corrected chi connectivity index (χ4v) is 6.99. The maximum atomic E-state index is 12.4. The van der Waals surface area contributed by atoms with Gasteiger partial charge in [0, 0.05) is 23.0 Å². The van der Waals surface area contributed by atoms with E-state index in [4.69, 9.17) is 9.47 Å². The van der Waals surface area contributed by atoms with E-state index in [9.17, 15) is 9.59 Å². The second kappa shape index (κ2) is 9.61. The zero-order chi connectivity index (χ0) is 23.4. The van der Waals surface area contributed by atoms with Gasteiger partial charge in [0.15, 0.2) is 0 Å². The molecule has 4 fully saturated rings. The highest BCUT2D eigenvalue weighted by Gasteiger charge is 2.58. The van der Waals surface area contributed by atoms with Crippen molar-refractivity contribution in [1.29, 1.82) is 0 Å². The van der Waals surface area contributed by atoms with Crippen LogP contribution in [0.15, 0.2) is 72.8 Å². The lowest BCUT2D eigenvalue weighted by Crippen LogP contribution is -2.55. The first kappa shape index (κ1) is 22.6. The third-order valence-corrected chi connectivity index (χ3v) is 7.77. The smallest absolute Gasteiger partial charge is 0.330 e. The molecule has 0 heterocycles. The van der Waals surface area contributed by atoms with Crippen LogP contribution in [0.4, 0.5) is 0 Å². The first-order chi connectivity index (χ1) is 16.5. The normalized spacial score (nSPS) is 29.5. The molecule has 0 aromatic heterocycles. The van der Waals surface area contributed by atoms with Crippen molar-refractivity contribution in [3.05, 3.63) is 83.9 Å². The standard InChI is InChI=1S/C30H32O4/c31-27(13-11-23-7-3-1-4-8-23)33-21-29-16-25-15-26(17-29)19-30(18-25,20-29)22-34-28(32)14-12-24-9-5-2-6-10-24/h1-14,25-26H,15-22H2/b13-11+,14-12+. The van der Waals surface area contributed by atoms with Crippen LogP contribution >= 0.6 is 0 Å². The Morgan fingerprint density at radius 2 is 1.12 bits per heavy atom. The van der Waals surface area contributed by atoms with Gasteiger partial charge in [-0.25, -0.2) is 9.59 Å². The zero-order valence-corrected chi connectivity index (χ0v) is 19.5. The van der Waals surface area contributed by atoms with Crippen LogP contribution < -0.4 is 0 Å². The molecule has 0 aliphatic heterocycles. The SMILES string of the molecule is O=C(/C=C/c1ccccc1)OCC12CC3CC(C1)CC(COC(=O)/C=C/c1ccccc1)(C3)C2. The van der Waals surface area contributed by atoms with Crippen molar-refractivity contribution >= 4 is 24.1 Å². The van der Waals surface area contributed by atoms with Crippen molar-refractivity contribution in [2.45, 2.75) is 38.5 Å². The maximum Gasteiger partial charge on any atom is 0.330 e. The Morgan fingerprint density at radius 1 is 0.706 bits per heavy atom. The largest absolute Gasteiger partial charge is 0.462 e. The molecule has 4 bridgehead atoms. The number of ether oxygens (including phenoxy) is 2. The molecular weight excluding hydrogens is 424 g/mol. The molecule has 4 aliphatic carbocycles. The summed E-state index contributed by atoms with van der Waals surface area (Å²) in [6.45, 7) is 0.920. The summed E-state index contributed by atoms with van der Waals surface area (Å²) in [6.07, 6.45) is 13.3. The lowest BCUT2D eigenvalue weighted by atomic mass is 9.44. The number of hydrogen-bond acceptors (Lipinski definition) is 4. The minimum atomic E-state index is -0.286. The van der Waals surface area contributed by atoms with Gasteiger partial charge < -0.3 is 9.47 Å². The first-order valence-corrected chi connectivity index (χ1v) is 12.3. The Morgan fingerprint density at radius 3 is 1.53 bits per heavy atom. The fourth-order valence-electron chi connectivity index (χ4n) is 6.99. The van der Waals surface area contributed by atoms with Gasteiger partial charge in [-0.1, -0.05) is 60.7 Å². The van der Waals surface area contributed by atoms with Crippen molar-refractivity contribution in [2.75, 3.05) is 13.2 Å². The Balaban J connectivity index is 1.18. The van der Waals surface area contributed by atoms with Gasteiger partial charge in [0.05, 0.1) is 13.2 Å². The van der Waals surface area contributed by atoms with Crippen LogP contribution in [-0.2, 0) is 19.1 Å². The molecule has 0 amide bonds. The molecule has 0 atom stereocenters. The van der Waals surface area contributed by atoms with E-state index in [-0.39, 0.29) is 22.8 Å². The Labute approximate surface area is 201 Å². The Bertz CT molecular complexity index is 972. The molecule has 4 nitrogen and oxygen atoms in total. The number of esters is 2. The van der Waals surface area contributed by atoms with Crippen molar-refractivity contribution in [3.8, 4) is 0 Å². The van der Waals surface area contributed by atoms with Crippen molar-refractivity contribution in [2.24, 2.45) is 22.7 Å². The molecule has 2 aromatic carbocycles. The van der Waals surface area contributed by atoms with E-state index in [1.807, 2.05) is 60.7 Å². The van der Waals surface area contributed by atoms with Crippen molar-refractivity contribution in [1.82, 2.24) is 0 Å². The van der Waals surface area contributed by atoms with Crippen LogP contribution in [-0.4, -0.2) is 25.2 Å². The van der Waals surface area contributed by atoms with E-state index in [0.717, 1.165) is 43.2 Å². The molecule has 0 N–H and O–H groups in total. The average molecular weight is 457 g/mol. The van der Waals surface area contributed by atoms with Gasteiger partial charge in [0.25, 0.3) is 0 Å². The predicted molar refractivity (Wildman–Crippen MR) is 132 cm³/mol. The monoisotopic (exact) mass is 456 g/mol. The zero-order valence-electron chi connectivity index (χ0n) is 19.5. The number of carbonyl (C=O) groups excluding carboxylic acids is 2. The minimum absolute atomic E-state index is 0.0205. The molecular formula is C30H32O4. The summed E-state index contributed by atoms with van der Waals surface area (Å²) in [4.78, 5) is 24.8. The summed E-state index contributed by atoms with van der Waals surface area (Å²) in [5, 5.41) is 0. The number of rotatable bonds is 8. The van der Waals surface area contributed by atoms with Crippen LogP contribution in [0, 0.1) is 22.7 Å². The molecule has 4 saturated carbocycles. The molecule has 34 heavy (non-hydrogen) atoms. The highest BCUT2D eigenvalue weighted by Crippen LogP contribution is 2.65. The summed E-state index contributed by atoms with van der Waals surface area (Å²) >= 11 is 0. The highest BCUT2D eigenvalue weighted by atomic mass is 16.5. The van der Waals surface area contributed by atoms with Crippen LogP contribution in [0.5, 0.6) is 0 Å². The third kappa shape index (κ3) is 5.32. The second-order valence-electron chi connectivity index (χ2n) is 10.7. The number of hydrogen-bond donors (Lipinski definition) is 0. The van der Waals surface area contributed by atoms with Crippen LogP contribution in [0.1, 0.15) is 49.7 Å². The molecule has 176 valence electrons. The van der Waals surface area contributed by atoms with E-state index in [1.54, 1.807) is 12.2 Å². The van der Waals surface area contributed by atoms with E-state index < -0.39 is 0 Å². The number of carbonyl (C=O) groups is 2. The van der Waals surface area contributed by atoms with Gasteiger partial charge in [-0.15, -0.1) is 0 Å². The summed E-state index contributed by atoms with van der Waals surface area (Å²) in [7, 11) is 0. The third-order valence-electron chi connectivity index (χ3n) is 7.77. The summed E-state index contributed by atoms with van der Waals surface area (Å²) in [5.74, 6) is 0.703. The van der Waals surface area contributed by atoms with Crippen LogP contribution in [0.3, 0.4) is 0 Å². The highest BCUT2D eigenvalue weighted by molar-refractivity contribution is 5.87. The molecule has 0 unspecified atom stereocenters. The Hall–Kier alpha value is -3.14. The summed E-state index contributed by atoms with van der Waals surface area (Å²) in [6, 6.07) is 19.5. The van der Waals surface area contributed by atoms with Gasteiger partial charge in [0.1, 0.15) is 0 Å². The van der Waals surface area contributed by atoms with Crippen LogP contribution in [0.25, 0.3) is 12.2 Å². The quantitative estimate of drug-likeness (QED) is 0.356. The predicted octanol–water partition coefficient (Wildman–Crippen LogP) is 6.09. The van der Waals surface area contributed by atoms with E-state index >= 15 is 0 Å². The molecule has 4 heteroatoms. The molecule has 0 spiro atoms. The molecule has 4 aliphatic rings. The second-order valence-corrected chi connectivity index (χ2v) is 10.7. The molecule has 2 aromatic rings. The van der Waals surface area contributed by atoms with E-state index in [0.29, 0.717) is 25.0 Å². The van der Waals surface area contributed by atoms with Gasteiger partial charge in [0.2, 0.25) is 0 Å². The van der Waals surface area contributed by atoms with E-state index in [2.05, 4.69) is 0 Å². The van der Waals surface area contributed by atoms with Gasteiger partial charge in [-0.2, -0.15) is 0 Å². The fraction of sp³-hybridized carbons (Fsp3) is 0.400. The lowest BCUT2D eigenvalue weighted by molar-refractivity contribution is -0.174. The summed E-state index contributed by atoms with van der Waals surface area (Å²) in [5.41, 5.74) is 2.01. The molecule has 6 rings (SSSR count). The maximum absolute atomic E-state index is 12.4. The van der Waals surface area contributed by atoms with Gasteiger partial charge in [-0.05, 0) is 73.6 Å². The Kier molecular flexibility index (Phi) is 6.40. The van der Waals surface area contributed by atoms with Gasteiger partial charge >= 0.3 is 11.9 Å². The molecule has 0 radical (unpaired) electrons.